The highest BCUT2D eigenvalue weighted by atomic mass is 32.1. The Labute approximate surface area is 92.3 Å². The highest BCUT2D eigenvalue weighted by Crippen LogP contribution is 2.19. The molecular formula is C9H13N5S. The van der Waals surface area contributed by atoms with Gasteiger partial charge in [0.1, 0.15) is 0 Å². The zero-order valence-electron chi connectivity index (χ0n) is 8.71. The summed E-state index contributed by atoms with van der Waals surface area (Å²) in [6.07, 6.45) is 3.85. The van der Waals surface area contributed by atoms with Gasteiger partial charge < -0.3 is 5.32 Å². The van der Waals surface area contributed by atoms with Crippen LogP contribution >= 0.6 is 11.5 Å². The van der Waals surface area contributed by atoms with Crippen molar-refractivity contribution >= 4 is 11.5 Å². The normalized spacial score (nSPS) is 12.9. The van der Waals surface area contributed by atoms with Gasteiger partial charge in [-0.3, -0.25) is 4.68 Å². The molecule has 0 radical (unpaired) electrons. The van der Waals surface area contributed by atoms with Crippen molar-refractivity contribution < 1.29 is 0 Å². The number of aromatic nitrogens is 4. The second kappa shape index (κ2) is 4.50. The van der Waals surface area contributed by atoms with Crippen LogP contribution in [0.2, 0.25) is 0 Å². The monoisotopic (exact) mass is 223 g/mol. The van der Waals surface area contributed by atoms with Crippen LogP contribution < -0.4 is 5.32 Å². The molecule has 0 aliphatic carbocycles. The van der Waals surface area contributed by atoms with Crippen LogP contribution in [0.4, 0.5) is 0 Å². The van der Waals surface area contributed by atoms with Crippen molar-refractivity contribution in [3.8, 4) is 0 Å². The average Bonchev–Trinajstić information content (AvgIpc) is 2.85. The van der Waals surface area contributed by atoms with E-state index in [1.165, 1.54) is 11.5 Å². The van der Waals surface area contributed by atoms with Crippen LogP contribution in [-0.4, -0.2) is 25.9 Å². The van der Waals surface area contributed by atoms with Gasteiger partial charge in [-0.05, 0) is 18.1 Å². The number of rotatable bonds is 4. The quantitative estimate of drug-likeness (QED) is 0.839. The lowest BCUT2D eigenvalue weighted by atomic mass is 10.1. The lowest BCUT2D eigenvalue weighted by Gasteiger charge is -2.12. The molecule has 0 bridgehead atoms. The average molecular weight is 223 g/mol. The third-order valence-electron chi connectivity index (χ3n) is 2.14. The van der Waals surface area contributed by atoms with Gasteiger partial charge in [0.2, 0.25) is 0 Å². The molecule has 2 heterocycles. The van der Waals surface area contributed by atoms with E-state index in [-0.39, 0.29) is 6.04 Å². The summed E-state index contributed by atoms with van der Waals surface area (Å²) in [5, 5.41) is 13.6. The predicted molar refractivity (Wildman–Crippen MR) is 58.6 cm³/mol. The van der Waals surface area contributed by atoms with Crippen molar-refractivity contribution in [1.82, 2.24) is 24.7 Å². The summed E-state index contributed by atoms with van der Waals surface area (Å²) in [4.78, 5) is 0. The molecule has 0 amide bonds. The van der Waals surface area contributed by atoms with E-state index in [4.69, 9.17) is 0 Å². The second-order valence-corrected chi connectivity index (χ2v) is 3.88. The zero-order chi connectivity index (χ0) is 10.7. The van der Waals surface area contributed by atoms with Gasteiger partial charge in [0.15, 0.2) is 0 Å². The number of hydrogen-bond donors (Lipinski definition) is 1. The lowest BCUT2D eigenvalue weighted by Crippen LogP contribution is -2.21. The molecule has 0 aliphatic heterocycles. The van der Waals surface area contributed by atoms with Crippen LogP contribution in [-0.2, 0) is 7.05 Å². The fraction of sp³-hybridized carbons (Fsp3) is 0.444. The Hall–Kier alpha value is -1.27. The summed E-state index contributed by atoms with van der Waals surface area (Å²) in [5.41, 5.74) is 2.07. The molecule has 0 spiro atoms. The third kappa shape index (κ3) is 2.21. The molecule has 0 aromatic carbocycles. The Bertz CT molecular complexity index is 408. The molecule has 0 saturated heterocycles. The molecule has 0 aliphatic rings. The summed E-state index contributed by atoms with van der Waals surface area (Å²) in [7, 11) is 1.91. The zero-order valence-corrected chi connectivity index (χ0v) is 9.53. The summed E-state index contributed by atoms with van der Waals surface area (Å²) in [6.45, 7) is 2.96. The molecule has 2 rings (SSSR count). The standard InChI is InChI=1S/C9H13N5S/c1-3-10-9(8-6-15-13-12-8)7-4-11-14(2)5-7/h4-6,9-10H,3H2,1-2H3. The first-order valence-corrected chi connectivity index (χ1v) is 5.63. The molecule has 1 atom stereocenters. The van der Waals surface area contributed by atoms with Crippen LogP contribution in [0, 0.1) is 0 Å². The van der Waals surface area contributed by atoms with Gasteiger partial charge >= 0.3 is 0 Å². The number of aryl methyl sites for hydroxylation is 1. The summed E-state index contributed by atoms with van der Waals surface area (Å²) in [6, 6.07) is 0.0995. The molecule has 0 fully saturated rings. The molecule has 80 valence electrons. The van der Waals surface area contributed by atoms with Crippen molar-refractivity contribution in [1.29, 1.82) is 0 Å². The lowest BCUT2D eigenvalue weighted by molar-refractivity contribution is 0.613. The maximum atomic E-state index is 4.16. The molecule has 15 heavy (non-hydrogen) atoms. The largest absolute Gasteiger partial charge is 0.305 e. The summed E-state index contributed by atoms with van der Waals surface area (Å²) in [5.74, 6) is 0. The van der Waals surface area contributed by atoms with Gasteiger partial charge in [0.05, 0.1) is 17.9 Å². The van der Waals surface area contributed by atoms with E-state index < -0.39 is 0 Å². The molecule has 2 aromatic rings. The van der Waals surface area contributed by atoms with Gasteiger partial charge in [-0.25, -0.2) is 0 Å². The van der Waals surface area contributed by atoms with Crippen LogP contribution in [0.25, 0.3) is 0 Å². The Balaban J connectivity index is 2.27. The van der Waals surface area contributed by atoms with Crippen LogP contribution in [0.3, 0.4) is 0 Å². The molecule has 6 heteroatoms. The Morgan fingerprint density at radius 1 is 1.60 bits per heavy atom. The molecule has 0 saturated carbocycles. The van der Waals surface area contributed by atoms with Crippen molar-refractivity contribution in [3.05, 3.63) is 29.0 Å². The van der Waals surface area contributed by atoms with Gasteiger partial charge in [0, 0.05) is 24.2 Å². The van der Waals surface area contributed by atoms with E-state index >= 15 is 0 Å². The van der Waals surface area contributed by atoms with E-state index in [1.54, 1.807) is 4.68 Å². The van der Waals surface area contributed by atoms with Crippen LogP contribution in [0.15, 0.2) is 17.8 Å². The molecule has 1 N–H and O–H groups in total. The summed E-state index contributed by atoms with van der Waals surface area (Å²) >= 11 is 1.37. The van der Waals surface area contributed by atoms with Gasteiger partial charge in [-0.2, -0.15) is 5.10 Å². The molecular weight excluding hydrogens is 210 g/mol. The fourth-order valence-corrected chi connectivity index (χ4v) is 1.96. The van der Waals surface area contributed by atoms with E-state index in [0.717, 1.165) is 17.8 Å². The first-order chi connectivity index (χ1) is 7.31. The number of nitrogens with zero attached hydrogens (tertiary/aromatic N) is 4. The van der Waals surface area contributed by atoms with Gasteiger partial charge in [-0.1, -0.05) is 11.4 Å². The number of hydrogen-bond acceptors (Lipinski definition) is 5. The minimum Gasteiger partial charge on any atom is -0.305 e. The highest BCUT2D eigenvalue weighted by Gasteiger charge is 2.16. The number of nitrogens with one attached hydrogen (secondary N) is 1. The van der Waals surface area contributed by atoms with Crippen molar-refractivity contribution in [2.45, 2.75) is 13.0 Å². The maximum Gasteiger partial charge on any atom is 0.0971 e. The Morgan fingerprint density at radius 3 is 3.00 bits per heavy atom. The van der Waals surface area contributed by atoms with Crippen LogP contribution in [0.5, 0.6) is 0 Å². The minimum atomic E-state index is 0.0995. The first kappa shape index (κ1) is 10.3. The van der Waals surface area contributed by atoms with E-state index in [9.17, 15) is 0 Å². The van der Waals surface area contributed by atoms with Crippen molar-refractivity contribution in [2.75, 3.05) is 6.54 Å². The van der Waals surface area contributed by atoms with E-state index in [2.05, 4.69) is 26.9 Å². The SMILES string of the molecule is CCNC(c1cnn(C)c1)c1csnn1. The topological polar surface area (TPSA) is 55.6 Å². The fourth-order valence-electron chi connectivity index (χ4n) is 1.48. The molecule has 2 aromatic heterocycles. The van der Waals surface area contributed by atoms with Gasteiger partial charge in [-0.15, -0.1) is 5.10 Å². The van der Waals surface area contributed by atoms with E-state index in [1.807, 2.05) is 24.8 Å². The van der Waals surface area contributed by atoms with Crippen molar-refractivity contribution in [3.63, 3.8) is 0 Å². The summed E-state index contributed by atoms with van der Waals surface area (Å²) < 4.78 is 5.67. The smallest absolute Gasteiger partial charge is 0.0971 e. The molecule has 5 nitrogen and oxygen atoms in total. The molecule has 1 unspecified atom stereocenters. The van der Waals surface area contributed by atoms with Crippen LogP contribution in [0.1, 0.15) is 24.2 Å². The predicted octanol–water partition coefficient (Wildman–Crippen LogP) is 0.970. The first-order valence-electron chi connectivity index (χ1n) is 4.80. The second-order valence-electron chi connectivity index (χ2n) is 3.27. The van der Waals surface area contributed by atoms with Gasteiger partial charge in [0.25, 0.3) is 0 Å². The van der Waals surface area contributed by atoms with Crippen molar-refractivity contribution in [2.24, 2.45) is 7.05 Å². The highest BCUT2D eigenvalue weighted by molar-refractivity contribution is 7.03. The third-order valence-corrected chi connectivity index (χ3v) is 2.66. The van der Waals surface area contributed by atoms with E-state index in [0.29, 0.717) is 0 Å². The Morgan fingerprint density at radius 2 is 2.47 bits per heavy atom. The maximum absolute atomic E-state index is 4.16. The Kier molecular flexibility index (Phi) is 3.08. The minimum absolute atomic E-state index is 0.0995.